The van der Waals surface area contributed by atoms with E-state index in [-0.39, 0.29) is 0 Å². The molecule has 4 nitrogen and oxygen atoms in total. The van der Waals surface area contributed by atoms with Gasteiger partial charge in [0.25, 0.3) is 0 Å². The van der Waals surface area contributed by atoms with Crippen LogP contribution >= 0.6 is 0 Å². The Balaban J connectivity index is 2.23. The minimum atomic E-state index is -0.521. The van der Waals surface area contributed by atoms with Crippen LogP contribution in [0.15, 0.2) is 66.9 Å². The van der Waals surface area contributed by atoms with Gasteiger partial charge in [-0.3, -0.25) is 9.88 Å². The quantitative estimate of drug-likeness (QED) is 0.769. The maximum Gasteiger partial charge on any atom is 0.323 e. The van der Waals surface area contributed by atoms with Crippen LogP contribution in [-0.2, 0) is 0 Å². The fraction of sp³-hybridized carbons (Fsp3) is 0. The number of carbonyl (C=O) groups excluding carboxylic acids is 1. The van der Waals surface area contributed by atoms with Gasteiger partial charge in [-0.05, 0) is 24.3 Å². The fourth-order valence-corrected chi connectivity index (χ4v) is 2.24. The first kappa shape index (κ1) is 12.2. The lowest BCUT2D eigenvalue weighted by Gasteiger charge is -2.22. The molecule has 98 valence electrons. The van der Waals surface area contributed by atoms with Gasteiger partial charge in [0.2, 0.25) is 0 Å². The van der Waals surface area contributed by atoms with E-state index >= 15 is 0 Å². The molecule has 0 fully saturated rings. The normalized spacial score (nSPS) is 10.4. The molecule has 0 spiro atoms. The van der Waals surface area contributed by atoms with Crippen molar-refractivity contribution in [1.82, 2.24) is 4.98 Å². The Morgan fingerprint density at radius 2 is 1.65 bits per heavy atom. The molecular formula is C16H13N3O. The van der Waals surface area contributed by atoms with Gasteiger partial charge in [0.15, 0.2) is 0 Å². The number of nitrogens with two attached hydrogens (primary N) is 1. The van der Waals surface area contributed by atoms with Crippen molar-refractivity contribution in [3.8, 4) is 0 Å². The molecule has 0 aliphatic carbocycles. The Labute approximate surface area is 116 Å². The molecule has 0 atom stereocenters. The number of para-hydroxylation sites is 2. The number of aromatic nitrogens is 1. The molecule has 0 unspecified atom stereocenters. The van der Waals surface area contributed by atoms with Crippen LogP contribution < -0.4 is 10.6 Å². The predicted octanol–water partition coefficient (Wildman–Crippen LogP) is 3.45. The number of benzene rings is 2. The third kappa shape index (κ3) is 2.07. The zero-order chi connectivity index (χ0) is 13.9. The van der Waals surface area contributed by atoms with E-state index in [1.807, 2.05) is 54.6 Å². The largest absolute Gasteiger partial charge is 0.351 e. The Morgan fingerprint density at radius 3 is 2.40 bits per heavy atom. The predicted molar refractivity (Wildman–Crippen MR) is 79.9 cm³/mol. The first-order chi connectivity index (χ1) is 9.77. The summed E-state index contributed by atoms with van der Waals surface area (Å²) in [4.78, 5) is 17.7. The summed E-state index contributed by atoms with van der Waals surface area (Å²) in [5.74, 6) is 0. The van der Waals surface area contributed by atoms with Gasteiger partial charge in [0.05, 0.1) is 16.9 Å². The van der Waals surface area contributed by atoms with Crippen LogP contribution in [0.2, 0.25) is 0 Å². The summed E-state index contributed by atoms with van der Waals surface area (Å²) in [5, 5.41) is 0.887. The number of amides is 2. The lowest BCUT2D eigenvalue weighted by molar-refractivity contribution is 0.256. The zero-order valence-electron chi connectivity index (χ0n) is 10.7. The molecule has 0 radical (unpaired) electrons. The number of urea groups is 1. The Hall–Kier alpha value is -2.88. The number of hydrogen-bond acceptors (Lipinski definition) is 2. The van der Waals surface area contributed by atoms with Gasteiger partial charge in [-0.1, -0.05) is 36.4 Å². The second-order valence-corrected chi connectivity index (χ2v) is 4.36. The van der Waals surface area contributed by atoms with Crippen LogP contribution in [0.5, 0.6) is 0 Å². The minimum Gasteiger partial charge on any atom is -0.351 e. The van der Waals surface area contributed by atoms with E-state index in [1.54, 1.807) is 12.3 Å². The van der Waals surface area contributed by atoms with Gasteiger partial charge >= 0.3 is 6.03 Å². The smallest absolute Gasteiger partial charge is 0.323 e. The van der Waals surface area contributed by atoms with Crippen molar-refractivity contribution in [3.05, 3.63) is 66.9 Å². The Bertz CT molecular complexity index is 751. The third-order valence-corrected chi connectivity index (χ3v) is 3.10. The van der Waals surface area contributed by atoms with E-state index in [1.165, 1.54) is 4.90 Å². The summed E-state index contributed by atoms with van der Waals surface area (Å²) in [6, 6.07) is 18.3. The van der Waals surface area contributed by atoms with Crippen LogP contribution in [0.1, 0.15) is 0 Å². The molecule has 2 amide bonds. The fourth-order valence-electron chi connectivity index (χ4n) is 2.24. The molecule has 4 heteroatoms. The molecule has 2 aromatic carbocycles. The first-order valence-electron chi connectivity index (χ1n) is 6.26. The molecule has 3 rings (SSSR count). The topological polar surface area (TPSA) is 59.2 Å². The maximum atomic E-state index is 11.9. The van der Waals surface area contributed by atoms with E-state index in [0.29, 0.717) is 0 Å². The molecular weight excluding hydrogens is 250 g/mol. The number of rotatable bonds is 2. The van der Waals surface area contributed by atoms with Gasteiger partial charge in [0, 0.05) is 11.6 Å². The summed E-state index contributed by atoms with van der Waals surface area (Å²) in [5.41, 5.74) is 7.85. The lowest BCUT2D eigenvalue weighted by atomic mass is 10.1. The number of pyridine rings is 1. The number of anilines is 2. The molecule has 1 aromatic heterocycles. The van der Waals surface area contributed by atoms with Crippen LogP contribution in [0, 0.1) is 0 Å². The van der Waals surface area contributed by atoms with Gasteiger partial charge < -0.3 is 5.73 Å². The Kier molecular flexibility index (Phi) is 3.05. The van der Waals surface area contributed by atoms with E-state index in [9.17, 15) is 4.79 Å². The molecule has 0 bridgehead atoms. The molecule has 20 heavy (non-hydrogen) atoms. The van der Waals surface area contributed by atoms with Crippen molar-refractivity contribution in [2.24, 2.45) is 5.73 Å². The van der Waals surface area contributed by atoms with Crippen LogP contribution in [0.25, 0.3) is 10.9 Å². The summed E-state index contributed by atoms with van der Waals surface area (Å²) in [6.07, 6.45) is 1.68. The molecule has 2 N–H and O–H groups in total. The maximum absolute atomic E-state index is 11.9. The van der Waals surface area contributed by atoms with Gasteiger partial charge in [-0.15, -0.1) is 0 Å². The van der Waals surface area contributed by atoms with Crippen molar-refractivity contribution in [1.29, 1.82) is 0 Å². The number of primary amides is 1. The molecule has 0 aliphatic rings. The molecule has 0 aliphatic heterocycles. The highest BCUT2D eigenvalue weighted by Gasteiger charge is 2.17. The molecule has 0 saturated heterocycles. The van der Waals surface area contributed by atoms with Crippen LogP contribution in [0.3, 0.4) is 0 Å². The second kappa shape index (κ2) is 5.01. The summed E-state index contributed by atoms with van der Waals surface area (Å²) >= 11 is 0. The van der Waals surface area contributed by atoms with E-state index < -0.39 is 6.03 Å². The van der Waals surface area contributed by atoms with Crippen molar-refractivity contribution >= 4 is 28.3 Å². The van der Waals surface area contributed by atoms with Crippen molar-refractivity contribution < 1.29 is 4.79 Å². The molecule has 0 saturated carbocycles. The number of nitrogens with zero attached hydrogens (tertiary/aromatic N) is 2. The van der Waals surface area contributed by atoms with Crippen molar-refractivity contribution in [3.63, 3.8) is 0 Å². The van der Waals surface area contributed by atoms with Crippen molar-refractivity contribution in [2.75, 3.05) is 4.90 Å². The second-order valence-electron chi connectivity index (χ2n) is 4.36. The van der Waals surface area contributed by atoms with Crippen LogP contribution in [-0.4, -0.2) is 11.0 Å². The average molecular weight is 263 g/mol. The molecule has 1 heterocycles. The average Bonchev–Trinajstić information content (AvgIpc) is 2.48. The zero-order valence-corrected chi connectivity index (χ0v) is 10.7. The highest BCUT2D eigenvalue weighted by atomic mass is 16.2. The first-order valence-corrected chi connectivity index (χ1v) is 6.26. The lowest BCUT2D eigenvalue weighted by Crippen LogP contribution is -2.31. The number of hydrogen-bond donors (Lipinski definition) is 1. The SMILES string of the molecule is NC(=O)N(c1ccccc1)c1ccnc2ccccc12. The van der Waals surface area contributed by atoms with E-state index in [0.717, 1.165) is 22.3 Å². The van der Waals surface area contributed by atoms with Gasteiger partial charge in [-0.2, -0.15) is 0 Å². The van der Waals surface area contributed by atoms with Gasteiger partial charge in [0.1, 0.15) is 0 Å². The summed E-state index contributed by atoms with van der Waals surface area (Å²) < 4.78 is 0. The number of carbonyl (C=O) groups is 1. The monoisotopic (exact) mass is 263 g/mol. The summed E-state index contributed by atoms with van der Waals surface area (Å²) in [7, 11) is 0. The molecule has 3 aromatic rings. The van der Waals surface area contributed by atoms with E-state index in [2.05, 4.69) is 4.98 Å². The third-order valence-electron chi connectivity index (χ3n) is 3.10. The highest BCUT2D eigenvalue weighted by Crippen LogP contribution is 2.30. The Morgan fingerprint density at radius 1 is 0.950 bits per heavy atom. The summed E-state index contributed by atoms with van der Waals surface area (Å²) in [6.45, 7) is 0. The van der Waals surface area contributed by atoms with E-state index in [4.69, 9.17) is 5.73 Å². The minimum absolute atomic E-state index is 0.521. The standard InChI is InChI=1S/C16H13N3O/c17-16(20)19(12-6-2-1-3-7-12)15-10-11-18-14-9-5-4-8-13(14)15/h1-11H,(H2,17,20). The van der Waals surface area contributed by atoms with Gasteiger partial charge in [-0.25, -0.2) is 4.79 Å². The van der Waals surface area contributed by atoms with Crippen LogP contribution in [0.4, 0.5) is 16.2 Å². The highest BCUT2D eigenvalue weighted by molar-refractivity contribution is 6.06. The number of fused-ring (bicyclic) bond motifs is 1. The van der Waals surface area contributed by atoms with Crippen molar-refractivity contribution in [2.45, 2.75) is 0 Å².